The summed E-state index contributed by atoms with van der Waals surface area (Å²) in [5.74, 6) is 1.38. The van der Waals surface area contributed by atoms with Crippen molar-refractivity contribution in [3.05, 3.63) is 29.8 Å². The second kappa shape index (κ2) is 8.74. The van der Waals surface area contributed by atoms with Crippen molar-refractivity contribution in [2.24, 2.45) is 11.8 Å². The second-order valence-electron chi connectivity index (χ2n) is 7.59. The predicted octanol–water partition coefficient (Wildman–Crippen LogP) is 2.49. The van der Waals surface area contributed by atoms with Gasteiger partial charge in [-0.3, -0.25) is 9.59 Å². The molecule has 0 aliphatic carbocycles. The van der Waals surface area contributed by atoms with Crippen molar-refractivity contribution < 1.29 is 19.1 Å². The smallest absolute Gasteiger partial charge is 0.228 e. The van der Waals surface area contributed by atoms with Crippen molar-refractivity contribution in [3.63, 3.8) is 0 Å². The molecule has 1 aromatic rings. The first kappa shape index (κ1) is 19.7. The van der Waals surface area contributed by atoms with Crippen LogP contribution in [0.5, 0.6) is 5.75 Å². The van der Waals surface area contributed by atoms with E-state index in [9.17, 15) is 9.59 Å². The monoisotopic (exact) mass is 374 g/mol. The van der Waals surface area contributed by atoms with E-state index in [1.165, 1.54) is 0 Å². The number of nitrogens with zero attached hydrogens (tertiary/aromatic N) is 2. The van der Waals surface area contributed by atoms with E-state index in [0.29, 0.717) is 18.8 Å². The molecule has 0 N–H and O–H groups in total. The van der Waals surface area contributed by atoms with Crippen LogP contribution in [-0.2, 0) is 14.3 Å². The zero-order valence-electron chi connectivity index (χ0n) is 16.5. The van der Waals surface area contributed by atoms with Crippen LogP contribution >= 0.6 is 0 Å². The molecular formula is C21H30N2O4. The summed E-state index contributed by atoms with van der Waals surface area (Å²) in [7, 11) is 5.16. The summed E-state index contributed by atoms with van der Waals surface area (Å²) in [6.45, 7) is 2.31. The van der Waals surface area contributed by atoms with E-state index < -0.39 is 0 Å². The number of rotatable bonds is 5. The van der Waals surface area contributed by atoms with Gasteiger partial charge in [0.1, 0.15) is 5.75 Å². The van der Waals surface area contributed by atoms with Gasteiger partial charge in [0.15, 0.2) is 0 Å². The highest BCUT2D eigenvalue weighted by atomic mass is 16.5. The number of carbonyl (C=O) groups excluding carboxylic acids is 2. The lowest BCUT2D eigenvalue weighted by Crippen LogP contribution is -2.49. The summed E-state index contributed by atoms with van der Waals surface area (Å²) >= 11 is 0. The normalized spacial score (nSPS) is 24.2. The van der Waals surface area contributed by atoms with Crippen molar-refractivity contribution in [1.29, 1.82) is 0 Å². The van der Waals surface area contributed by atoms with Crippen LogP contribution in [0.15, 0.2) is 24.3 Å². The van der Waals surface area contributed by atoms with Crippen LogP contribution in [0.4, 0.5) is 0 Å². The molecule has 0 unspecified atom stereocenters. The van der Waals surface area contributed by atoms with Gasteiger partial charge in [-0.1, -0.05) is 12.1 Å². The largest absolute Gasteiger partial charge is 0.497 e. The Hall–Kier alpha value is -2.08. The van der Waals surface area contributed by atoms with Gasteiger partial charge in [0.2, 0.25) is 11.8 Å². The summed E-state index contributed by atoms with van der Waals surface area (Å²) in [6, 6.07) is 7.48. The molecule has 6 nitrogen and oxygen atoms in total. The molecule has 0 radical (unpaired) electrons. The maximum Gasteiger partial charge on any atom is 0.228 e. The highest BCUT2D eigenvalue weighted by Crippen LogP contribution is 2.38. The van der Waals surface area contributed by atoms with Crippen LogP contribution < -0.4 is 4.74 Å². The van der Waals surface area contributed by atoms with Crippen molar-refractivity contribution in [2.45, 2.75) is 31.7 Å². The SMILES string of the molecule is COCC1CCN(C(=O)[C@@H]2CCC(=O)N(C)[C@H]2c2ccc(OC)cc2)CC1. The Morgan fingerprint density at radius 2 is 1.78 bits per heavy atom. The molecule has 6 heteroatoms. The molecule has 2 aliphatic rings. The summed E-state index contributed by atoms with van der Waals surface area (Å²) in [5, 5.41) is 0. The zero-order chi connectivity index (χ0) is 19.4. The van der Waals surface area contributed by atoms with E-state index in [-0.39, 0.29) is 23.8 Å². The average molecular weight is 374 g/mol. The van der Waals surface area contributed by atoms with Crippen LogP contribution in [0.2, 0.25) is 0 Å². The predicted molar refractivity (Wildman–Crippen MR) is 102 cm³/mol. The molecule has 0 aromatic heterocycles. The highest BCUT2D eigenvalue weighted by molar-refractivity contribution is 5.85. The minimum absolute atomic E-state index is 0.0960. The Labute approximate surface area is 161 Å². The summed E-state index contributed by atoms with van der Waals surface area (Å²) in [4.78, 5) is 29.4. The molecule has 0 spiro atoms. The molecule has 0 bridgehead atoms. The van der Waals surface area contributed by atoms with Crippen LogP contribution in [0, 0.1) is 11.8 Å². The van der Waals surface area contributed by atoms with E-state index in [1.54, 1.807) is 19.1 Å². The molecule has 0 saturated carbocycles. The zero-order valence-corrected chi connectivity index (χ0v) is 16.5. The summed E-state index contributed by atoms with van der Waals surface area (Å²) in [6.07, 6.45) is 3.00. The van der Waals surface area contributed by atoms with Crippen molar-refractivity contribution in [3.8, 4) is 5.75 Å². The van der Waals surface area contributed by atoms with Gasteiger partial charge in [0.25, 0.3) is 0 Å². The van der Waals surface area contributed by atoms with Gasteiger partial charge >= 0.3 is 0 Å². The highest BCUT2D eigenvalue weighted by Gasteiger charge is 2.41. The van der Waals surface area contributed by atoms with E-state index in [1.807, 2.05) is 36.2 Å². The Morgan fingerprint density at radius 3 is 2.37 bits per heavy atom. The Kier molecular flexibility index (Phi) is 6.37. The molecule has 2 amide bonds. The number of carbonyl (C=O) groups is 2. The lowest BCUT2D eigenvalue weighted by molar-refractivity contribution is -0.147. The number of benzene rings is 1. The first-order chi connectivity index (χ1) is 13.0. The molecule has 2 atom stereocenters. The van der Waals surface area contributed by atoms with Crippen LogP contribution in [-0.4, -0.2) is 62.6 Å². The number of ether oxygens (including phenoxy) is 2. The average Bonchev–Trinajstić information content (AvgIpc) is 2.70. The lowest BCUT2D eigenvalue weighted by atomic mass is 9.83. The van der Waals surface area contributed by atoms with Gasteiger partial charge in [0, 0.05) is 40.3 Å². The summed E-state index contributed by atoms with van der Waals surface area (Å²) < 4.78 is 10.5. The maximum absolute atomic E-state index is 13.3. The van der Waals surface area contributed by atoms with E-state index >= 15 is 0 Å². The van der Waals surface area contributed by atoms with Crippen molar-refractivity contribution in [2.75, 3.05) is 41.0 Å². The number of hydrogen-bond donors (Lipinski definition) is 0. The Morgan fingerprint density at radius 1 is 1.11 bits per heavy atom. The molecule has 3 rings (SSSR count). The Bertz CT molecular complexity index is 653. The standard InChI is InChI=1S/C21H30N2O4/c1-22-19(24)9-8-18(20(22)16-4-6-17(27-3)7-5-16)21(25)23-12-10-15(11-13-23)14-26-2/h4-7,15,18,20H,8-14H2,1-3H3/t18-,20+/m1/s1. The van der Waals surface area contributed by atoms with Gasteiger partial charge < -0.3 is 19.3 Å². The molecule has 2 saturated heterocycles. The van der Waals surface area contributed by atoms with Gasteiger partial charge in [0.05, 0.1) is 19.1 Å². The van der Waals surface area contributed by atoms with E-state index in [0.717, 1.165) is 43.9 Å². The molecule has 1 aromatic carbocycles. The third kappa shape index (κ3) is 4.26. The molecule has 2 aliphatic heterocycles. The van der Waals surface area contributed by atoms with Crippen LogP contribution in [0.3, 0.4) is 0 Å². The van der Waals surface area contributed by atoms with Crippen molar-refractivity contribution >= 4 is 11.8 Å². The molecule has 27 heavy (non-hydrogen) atoms. The number of amides is 2. The van der Waals surface area contributed by atoms with Crippen LogP contribution in [0.25, 0.3) is 0 Å². The topological polar surface area (TPSA) is 59.1 Å². The van der Waals surface area contributed by atoms with E-state index in [2.05, 4.69) is 0 Å². The van der Waals surface area contributed by atoms with Crippen molar-refractivity contribution in [1.82, 2.24) is 9.80 Å². The van der Waals surface area contributed by atoms with Crippen LogP contribution in [0.1, 0.15) is 37.3 Å². The lowest BCUT2D eigenvalue weighted by Gasteiger charge is -2.42. The minimum Gasteiger partial charge on any atom is -0.497 e. The fraction of sp³-hybridized carbons (Fsp3) is 0.619. The molecule has 2 heterocycles. The fourth-order valence-corrected chi connectivity index (χ4v) is 4.34. The van der Waals surface area contributed by atoms with Gasteiger partial charge in [-0.25, -0.2) is 0 Å². The third-order valence-corrected chi connectivity index (χ3v) is 5.96. The molecule has 148 valence electrons. The first-order valence-electron chi connectivity index (χ1n) is 9.72. The van der Waals surface area contributed by atoms with Gasteiger partial charge in [-0.05, 0) is 42.9 Å². The van der Waals surface area contributed by atoms with Gasteiger partial charge in [-0.2, -0.15) is 0 Å². The van der Waals surface area contributed by atoms with Gasteiger partial charge in [-0.15, -0.1) is 0 Å². The van der Waals surface area contributed by atoms with E-state index in [4.69, 9.17) is 9.47 Å². The third-order valence-electron chi connectivity index (χ3n) is 5.96. The first-order valence-corrected chi connectivity index (χ1v) is 9.72. The quantitative estimate of drug-likeness (QED) is 0.795. The number of methoxy groups -OCH3 is 2. The Balaban J connectivity index is 1.76. The fourth-order valence-electron chi connectivity index (χ4n) is 4.34. The second-order valence-corrected chi connectivity index (χ2v) is 7.59. The number of likely N-dealkylation sites (tertiary alicyclic amines) is 2. The minimum atomic E-state index is -0.221. The maximum atomic E-state index is 13.3. The number of hydrogen-bond acceptors (Lipinski definition) is 4. The molecule has 2 fully saturated rings. The molecular weight excluding hydrogens is 344 g/mol. The number of piperidine rings is 2. The summed E-state index contributed by atoms with van der Waals surface area (Å²) in [5.41, 5.74) is 0.985.